The van der Waals surface area contributed by atoms with Crippen LogP contribution in [0.5, 0.6) is 0 Å². The Morgan fingerprint density at radius 2 is 2.31 bits per heavy atom. The topological polar surface area (TPSA) is 50.1 Å². The van der Waals surface area contributed by atoms with E-state index in [4.69, 9.17) is 16.9 Å². The number of hydrogen-bond acceptors (Lipinski definition) is 3. The van der Waals surface area contributed by atoms with Gasteiger partial charge in [-0.25, -0.2) is 4.39 Å². The monoisotopic (exact) mass is 241 g/mol. The highest BCUT2D eigenvalue weighted by atomic mass is 35.5. The summed E-state index contributed by atoms with van der Waals surface area (Å²) in [5.41, 5.74) is 0.175. The van der Waals surface area contributed by atoms with Crippen LogP contribution in [0.2, 0.25) is 5.02 Å². The van der Waals surface area contributed by atoms with E-state index in [0.29, 0.717) is 0 Å². The molecule has 0 radical (unpaired) electrons. The van der Waals surface area contributed by atoms with Gasteiger partial charge in [-0.05, 0) is 19.1 Å². The van der Waals surface area contributed by atoms with Gasteiger partial charge in [0.25, 0.3) is 0 Å². The van der Waals surface area contributed by atoms with Crippen molar-refractivity contribution in [2.24, 2.45) is 0 Å². The van der Waals surface area contributed by atoms with Crippen molar-refractivity contribution in [1.82, 2.24) is 0 Å². The molecule has 0 amide bonds. The van der Waals surface area contributed by atoms with E-state index in [9.17, 15) is 9.18 Å². The smallest absolute Gasteiger partial charge is 0.310 e. The number of nitrogens with zero attached hydrogens (tertiary/aromatic N) is 1. The van der Waals surface area contributed by atoms with E-state index in [1.54, 1.807) is 13.0 Å². The van der Waals surface area contributed by atoms with E-state index in [1.165, 1.54) is 6.07 Å². The summed E-state index contributed by atoms with van der Waals surface area (Å²) >= 11 is 5.76. The third-order valence-electron chi connectivity index (χ3n) is 1.90. The minimum atomic E-state index is -0.669. The average Bonchev–Trinajstić information content (AvgIpc) is 2.23. The van der Waals surface area contributed by atoms with Crippen LogP contribution >= 0.6 is 11.6 Å². The van der Waals surface area contributed by atoms with E-state index in [-0.39, 0.29) is 29.2 Å². The predicted molar refractivity (Wildman–Crippen MR) is 56.5 cm³/mol. The van der Waals surface area contributed by atoms with Crippen molar-refractivity contribution in [2.45, 2.75) is 13.3 Å². The number of esters is 1. The van der Waals surface area contributed by atoms with Crippen molar-refractivity contribution in [3.63, 3.8) is 0 Å². The number of benzene rings is 1. The third-order valence-corrected chi connectivity index (χ3v) is 2.23. The van der Waals surface area contributed by atoms with Crippen LogP contribution in [0.1, 0.15) is 18.1 Å². The van der Waals surface area contributed by atoms with Crippen molar-refractivity contribution in [3.8, 4) is 6.07 Å². The molecule has 0 aromatic heterocycles. The summed E-state index contributed by atoms with van der Waals surface area (Å²) in [5.74, 6) is -1.22. The molecule has 0 atom stereocenters. The molecule has 3 nitrogen and oxygen atoms in total. The lowest BCUT2D eigenvalue weighted by Gasteiger charge is -2.06. The van der Waals surface area contributed by atoms with Crippen LogP contribution in [0.25, 0.3) is 0 Å². The second-order valence-corrected chi connectivity index (χ2v) is 3.42. The van der Waals surface area contributed by atoms with Gasteiger partial charge in [-0.2, -0.15) is 5.26 Å². The summed E-state index contributed by atoms with van der Waals surface area (Å²) in [5, 5.41) is 8.64. The molecule has 0 N–H and O–H groups in total. The van der Waals surface area contributed by atoms with Gasteiger partial charge in [-0.15, -0.1) is 0 Å². The van der Waals surface area contributed by atoms with Crippen molar-refractivity contribution >= 4 is 17.6 Å². The first-order valence-electron chi connectivity index (χ1n) is 4.62. The van der Waals surface area contributed by atoms with Gasteiger partial charge in [0, 0.05) is 10.6 Å². The molecule has 0 unspecified atom stereocenters. The standard InChI is InChI=1S/C11H9ClFNO2/c1-2-16-11(15)5-8-9(12)3-7(6-14)4-10(8)13/h3-4H,2,5H2,1H3. The molecule has 0 aliphatic rings. The second kappa shape index (κ2) is 5.47. The van der Waals surface area contributed by atoms with Gasteiger partial charge in [-0.3, -0.25) is 4.79 Å². The Balaban J connectivity index is 2.98. The third kappa shape index (κ3) is 2.94. The summed E-state index contributed by atoms with van der Waals surface area (Å²) in [6, 6.07) is 4.13. The zero-order chi connectivity index (χ0) is 12.1. The first-order valence-corrected chi connectivity index (χ1v) is 5.00. The summed E-state index contributed by atoms with van der Waals surface area (Å²) in [6.07, 6.45) is -0.232. The van der Waals surface area contributed by atoms with Crippen LogP contribution in [0.4, 0.5) is 4.39 Å². The van der Waals surface area contributed by atoms with Crippen LogP contribution in [0.15, 0.2) is 12.1 Å². The van der Waals surface area contributed by atoms with Crippen molar-refractivity contribution < 1.29 is 13.9 Å². The summed E-state index contributed by atoms with van der Waals surface area (Å²) < 4.78 is 18.1. The summed E-state index contributed by atoms with van der Waals surface area (Å²) in [7, 11) is 0. The lowest BCUT2D eigenvalue weighted by atomic mass is 10.1. The molecule has 5 heteroatoms. The lowest BCUT2D eigenvalue weighted by molar-refractivity contribution is -0.142. The number of nitriles is 1. The molecule has 1 aromatic rings. The molecule has 0 fully saturated rings. The lowest BCUT2D eigenvalue weighted by Crippen LogP contribution is -2.09. The second-order valence-electron chi connectivity index (χ2n) is 3.01. The van der Waals surface area contributed by atoms with Gasteiger partial charge in [-0.1, -0.05) is 11.6 Å². The first-order chi connectivity index (χ1) is 7.58. The highest BCUT2D eigenvalue weighted by molar-refractivity contribution is 6.31. The van der Waals surface area contributed by atoms with Gasteiger partial charge in [0.1, 0.15) is 5.82 Å². The van der Waals surface area contributed by atoms with E-state index in [0.717, 1.165) is 6.07 Å². The maximum absolute atomic E-state index is 13.5. The molecule has 16 heavy (non-hydrogen) atoms. The molecule has 1 aromatic carbocycles. The van der Waals surface area contributed by atoms with E-state index in [1.807, 2.05) is 0 Å². The quantitative estimate of drug-likeness (QED) is 0.764. The molecule has 0 aliphatic carbocycles. The molecule has 0 spiro atoms. The molecule has 84 valence electrons. The molecule has 0 bridgehead atoms. The Labute approximate surface area is 97.4 Å². The number of halogens is 2. The minimum absolute atomic E-state index is 0.0547. The molecule has 0 saturated carbocycles. The SMILES string of the molecule is CCOC(=O)Cc1c(F)cc(C#N)cc1Cl. The minimum Gasteiger partial charge on any atom is -0.466 e. The number of ether oxygens (including phenoxy) is 1. The fraction of sp³-hybridized carbons (Fsp3) is 0.273. The van der Waals surface area contributed by atoms with Gasteiger partial charge >= 0.3 is 5.97 Å². The maximum Gasteiger partial charge on any atom is 0.310 e. The van der Waals surface area contributed by atoms with Gasteiger partial charge in [0.05, 0.1) is 24.7 Å². The average molecular weight is 242 g/mol. The van der Waals surface area contributed by atoms with Crippen LogP contribution in [-0.4, -0.2) is 12.6 Å². The van der Waals surface area contributed by atoms with E-state index in [2.05, 4.69) is 4.74 Å². The normalized spacial score (nSPS) is 9.62. The van der Waals surface area contributed by atoms with Crippen molar-refractivity contribution in [3.05, 3.63) is 34.1 Å². The maximum atomic E-state index is 13.5. The molecule has 0 heterocycles. The number of carbonyl (C=O) groups excluding carboxylic acids is 1. The Kier molecular flexibility index (Phi) is 4.27. The zero-order valence-corrected chi connectivity index (χ0v) is 9.34. The van der Waals surface area contributed by atoms with E-state index >= 15 is 0 Å². The van der Waals surface area contributed by atoms with Crippen LogP contribution < -0.4 is 0 Å². The van der Waals surface area contributed by atoms with Crippen LogP contribution in [0.3, 0.4) is 0 Å². The summed E-state index contributed by atoms with van der Waals surface area (Å²) in [6.45, 7) is 1.89. The fourth-order valence-corrected chi connectivity index (χ4v) is 1.47. The highest BCUT2D eigenvalue weighted by Crippen LogP contribution is 2.22. The van der Waals surface area contributed by atoms with Crippen molar-refractivity contribution in [1.29, 1.82) is 5.26 Å². The van der Waals surface area contributed by atoms with E-state index < -0.39 is 11.8 Å². The van der Waals surface area contributed by atoms with Gasteiger partial charge < -0.3 is 4.74 Å². The highest BCUT2D eigenvalue weighted by Gasteiger charge is 2.14. The Hall–Kier alpha value is -1.60. The largest absolute Gasteiger partial charge is 0.466 e. The molecule has 0 saturated heterocycles. The van der Waals surface area contributed by atoms with Crippen LogP contribution in [0, 0.1) is 17.1 Å². The van der Waals surface area contributed by atoms with Crippen molar-refractivity contribution in [2.75, 3.05) is 6.61 Å². The van der Waals surface area contributed by atoms with Crippen LogP contribution in [-0.2, 0) is 16.0 Å². The molecule has 1 rings (SSSR count). The number of rotatable bonds is 3. The Morgan fingerprint density at radius 3 is 2.81 bits per heavy atom. The fourth-order valence-electron chi connectivity index (χ4n) is 1.19. The first kappa shape index (κ1) is 12.5. The molecule has 0 aliphatic heterocycles. The Morgan fingerprint density at radius 1 is 1.62 bits per heavy atom. The predicted octanol–water partition coefficient (Wildman–Crippen LogP) is 2.46. The van der Waals surface area contributed by atoms with Gasteiger partial charge in [0.2, 0.25) is 0 Å². The Bertz CT molecular complexity index is 431. The number of hydrogen-bond donors (Lipinski definition) is 0. The summed E-state index contributed by atoms with van der Waals surface area (Å²) in [4.78, 5) is 11.2. The van der Waals surface area contributed by atoms with Gasteiger partial charge in [0.15, 0.2) is 0 Å². The zero-order valence-electron chi connectivity index (χ0n) is 8.59. The molecular formula is C11H9ClFNO2. The molecular weight excluding hydrogens is 233 g/mol. The number of carbonyl (C=O) groups is 1.